The number of rotatable bonds is 6. The molecule has 3 aromatic rings. The molecule has 0 aliphatic carbocycles. The zero-order chi connectivity index (χ0) is 16.8. The molecule has 0 radical (unpaired) electrons. The highest BCUT2D eigenvalue weighted by Gasteiger charge is 2.03. The van der Waals surface area contributed by atoms with Crippen LogP contribution in [0.5, 0.6) is 17.2 Å². The fraction of sp³-hybridized carbons (Fsp3) is 0.150. The number of phenolic OH excluding ortho intramolecular Hbond substituents is 1. The number of fused-ring (bicyclic) bond motifs is 1. The Hall–Kier alpha value is -3.01. The molecular weight excluding hydrogens is 302 g/mol. The van der Waals surface area contributed by atoms with E-state index in [9.17, 15) is 5.11 Å². The molecule has 0 atom stereocenters. The van der Waals surface area contributed by atoms with Gasteiger partial charge in [0.2, 0.25) is 0 Å². The molecule has 3 aromatic carbocycles. The van der Waals surface area contributed by atoms with Crippen LogP contribution in [0.3, 0.4) is 0 Å². The van der Waals surface area contributed by atoms with Crippen LogP contribution in [0, 0.1) is 0 Å². The number of nitrogens with zero attached hydrogens (tertiary/aromatic N) is 1. The van der Waals surface area contributed by atoms with Gasteiger partial charge in [0.25, 0.3) is 0 Å². The van der Waals surface area contributed by atoms with E-state index in [1.165, 1.54) is 0 Å². The Balaban J connectivity index is 1.61. The van der Waals surface area contributed by atoms with Crippen LogP contribution in [0.15, 0.2) is 65.7 Å². The third-order valence-corrected chi connectivity index (χ3v) is 3.72. The molecule has 0 aliphatic rings. The van der Waals surface area contributed by atoms with Crippen LogP contribution in [-0.2, 0) is 0 Å². The van der Waals surface area contributed by atoms with Gasteiger partial charge in [-0.1, -0.05) is 30.3 Å². The Labute approximate surface area is 141 Å². The molecule has 0 amide bonds. The first-order valence-corrected chi connectivity index (χ1v) is 7.75. The fourth-order valence-electron chi connectivity index (χ4n) is 2.46. The van der Waals surface area contributed by atoms with Crippen molar-refractivity contribution in [3.8, 4) is 17.2 Å². The monoisotopic (exact) mass is 321 g/mol. The van der Waals surface area contributed by atoms with Crippen molar-refractivity contribution in [2.75, 3.05) is 20.3 Å². The Morgan fingerprint density at radius 1 is 0.958 bits per heavy atom. The van der Waals surface area contributed by atoms with Crippen LogP contribution in [0.1, 0.15) is 5.56 Å². The van der Waals surface area contributed by atoms with E-state index < -0.39 is 0 Å². The summed E-state index contributed by atoms with van der Waals surface area (Å²) in [5.74, 6) is 1.80. The second kappa shape index (κ2) is 7.51. The van der Waals surface area contributed by atoms with Gasteiger partial charge in [-0.05, 0) is 41.1 Å². The Kier molecular flexibility index (Phi) is 4.96. The van der Waals surface area contributed by atoms with E-state index in [4.69, 9.17) is 9.47 Å². The molecule has 1 N–H and O–H groups in total. The third kappa shape index (κ3) is 3.66. The molecule has 24 heavy (non-hydrogen) atoms. The standard InChI is InChI=1S/C20H19NO3/c1-23-16-7-9-17(10-8-16)24-13-12-21-14-19-18-5-3-2-4-15(18)6-11-20(19)22/h2-11,14,22H,12-13H2,1H3. The molecule has 0 heterocycles. The minimum absolute atomic E-state index is 0.230. The maximum absolute atomic E-state index is 10.1. The molecular formula is C20H19NO3. The molecule has 0 fully saturated rings. The molecule has 3 rings (SSSR count). The normalized spacial score (nSPS) is 11.0. The van der Waals surface area contributed by atoms with Crippen LogP contribution in [0.25, 0.3) is 10.8 Å². The number of benzene rings is 3. The Bertz CT molecular complexity index is 841. The molecule has 122 valence electrons. The summed E-state index contributed by atoms with van der Waals surface area (Å²) >= 11 is 0. The van der Waals surface area contributed by atoms with Gasteiger partial charge in [-0.3, -0.25) is 4.99 Å². The van der Waals surface area contributed by atoms with Crippen LogP contribution in [0.2, 0.25) is 0 Å². The molecule has 0 unspecified atom stereocenters. The summed E-state index contributed by atoms with van der Waals surface area (Å²) in [7, 11) is 1.63. The molecule has 0 aromatic heterocycles. The first-order chi connectivity index (χ1) is 11.8. The van der Waals surface area contributed by atoms with Crippen molar-refractivity contribution in [1.29, 1.82) is 0 Å². The van der Waals surface area contributed by atoms with Gasteiger partial charge in [-0.15, -0.1) is 0 Å². The lowest BCUT2D eigenvalue weighted by Crippen LogP contribution is -2.01. The lowest BCUT2D eigenvalue weighted by Gasteiger charge is -2.06. The average Bonchev–Trinajstić information content (AvgIpc) is 2.63. The number of phenols is 1. The summed E-state index contributed by atoms with van der Waals surface area (Å²) in [4.78, 5) is 4.37. The molecule has 0 saturated carbocycles. The van der Waals surface area contributed by atoms with E-state index in [2.05, 4.69) is 4.99 Å². The summed E-state index contributed by atoms with van der Waals surface area (Å²) in [6, 6.07) is 18.9. The van der Waals surface area contributed by atoms with E-state index in [0.717, 1.165) is 27.8 Å². The molecule has 0 spiro atoms. The van der Waals surface area contributed by atoms with Crippen molar-refractivity contribution in [3.05, 3.63) is 66.2 Å². The second-order valence-electron chi connectivity index (χ2n) is 5.28. The van der Waals surface area contributed by atoms with Crippen LogP contribution in [0.4, 0.5) is 0 Å². The average molecular weight is 321 g/mol. The summed E-state index contributed by atoms with van der Waals surface area (Å²) < 4.78 is 10.7. The van der Waals surface area contributed by atoms with Gasteiger partial charge in [0.15, 0.2) is 0 Å². The molecule has 4 heteroatoms. The van der Waals surface area contributed by atoms with Crippen LogP contribution < -0.4 is 9.47 Å². The van der Waals surface area contributed by atoms with Crippen molar-refractivity contribution in [2.45, 2.75) is 0 Å². The van der Waals surface area contributed by atoms with Crippen molar-refractivity contribution in [1.82, 2.24) is 0 Å². The van der Waals surface area contributed by atoms with Gasteiger partial charge in [0.1, 0.15) is 23.9 Å². The summed E-state index contributed by atoms with van der Waals surface area (Å²) in [6.45, 7) is 0.975. The predicted molar refractivity (Wildman–Crippen MR) is 96.6 cm³/mol. The van der Waals surface area contributed by atoms with Gasteiger partial charge in [0, 0.05) is 11.8 Å². The third-order valence-electron chi connectivity index (χ3n) is 3.72. The lowest BCUT2D eigenvalue weighted by atomic mass is 10.0. The minimum Gasteiger partial charge on any atom is -0.507 e. The molecule has 4 nitrogen and oxygen atoms in total. The molecule has 0 saturated heterocycles. The second-order valence-corrected chi connectivity index (χ2v) is 5.28. The van der Waals surface area contributed by atoms with Crippen molar-refractivity contribution in [2.24, 2.45) is 4.99 Å². The van der Waals surface area contributed by atoms with Gasteiger partial charge < -0.3 is 14.6 Å². The van der Waals surface area contributed by atoms with E-state index in [-0.39, 0.29) is 5.75 Å². The highest BCUT2D eigenvalue weighted by atomic mass is 16.5. The maximum atomic E-state index is 10.1. The van der Waals surface area contributed by atoms with Crippen molar-refractivity contribution < 1.29 is 14.6 Å². The Morgan fingerprint density at radius 2 is 1.71 bits per heavy atom. The Morgan fingerprint density at radius 3 is 2.50 bits per heavy atom. The zero-order valence-electron chi connectivity index (χ0n) is 13.5. The zero-order valence-corrected chi connectivity index (χ0v) is 13.5. The fourth-order valence-corrected chi connectivity index (χ4v) is 2.46. The highest BCUT2D eigenvalue weighted by Crippen LogP contribution is 2.25. The number of methoxy groups -OCH3 is 1. The number of hydrogen-bond donors (Lipinski definition) is 1. The quantitative estimate of drug-likeness (QED) is 0.550. The summed E-state index contributed by atoms with van der Waals surface area (Å²) in [5, 5.41) is 12.1. The van der Waals surface area contributed by atoms with Gasteiger partial charge >= 0.3 is 0 Å². The van der Waals surface area contributed by atoms with Crippen LogP contribution in [-0.4, -0.2) is 31.6 Å². The molecule has 0 bridgehead atoms. The van der Waals surface area contributed by atoms with E-state index >= 15 is 0 Å². The van der Waals surface area contributed by atoms with Crippen LogP contribution >= 0.6 is 0 Å². The first kappa shape index (κ1) is 15.9. The smallest absolute Gasteiger partial charge is 0.124 e. The number of hydrogen-bond acceptors (Lipinski definition) is 4. The SMILES string of the molecule is COc1ccc(OCCN=Cc2c(O)ccc3ccccc23)cc1. The van der Waals surface area contributed by atoms with E-state index in [1.54, 1.807) is 19.4 Å². The highest BCUT2D eigenvalue weighted by molar-refractivity contribution is 6.02. The summed E-state index contributed by atoms with van der Waals surface area (Å²) in [5.41, 5.74) is 0.734. The summed E-state index contributed by atoms with van der Waals surface area (Å²) in [6.07, 6.45) is 1.70. The number of ether oxygens (including phenoxy) is 2. The van der Waals surface area contributed by atoms with E-state index in [1.807, 2.05) is 54.6 Å². The number of aliphatic imine (C=N–C) groups is 1. The predicted octanol–water partition coefficient (Wildman–Crippen LogP) is 4.05. The van der Waals surface area contributed by atoms with Crippen molar-refractivity contribution in [3.63, 3.8) is 0 Å². The largest absolute Gasteiger partial charge is 0.507 e. The lowest BCUT2D eigenvalue weighted by molar-refractivity contribution is 0.328. The topological polar surface area (TPSA) is 51.0 Å². The van der Waals surface area contributed by atoms with Crippen molar-refractivity contribution >= 4 is 17.0 Å². The van der Waals surface area contributed by atoms with Gasteiger partial charge in [-0.2, -0.15) is 0 Å². The van der Waals surface area contributed by atoms with Gasteiger partial charge in [-0.25, -0.2) is 0 Å². The minimum atomic E-state index is 0.230. The van der Waals surface area contributed by atoms with E-state index in [0.29, 0.717) is 13.2 Å². The first-order valence-electron chi connectivity index (χ1n) is 7.75. The molecule has 0 aliphatic heterocycles. The number of aromatic hydroxyl groups is 1. The maximum Gasteiger partial charge on any atom is 0.124 e. The van der Waals surface area contributed by atoms with Gasteiger partial charge in [0.05, 0.1) is 13.7 Å².